The molecule has 1 amide bonds. The minimum Gasteiger partial charge on any atom is -0.496 e. The number of aromatic nitrogens is 2. The Labute approximate surface area is 148 Å². The van der Waals surface area contributed by atoms with Crippen LogP contribution >= 0.6 is 0 Å². The number of ether oxygens (including phenoxy) is 2. The molecule has 0 unspecified atom stereocenters. The summed E-state index contributed by atoms with van der Waals surface area (Å²) in [6.45, 7) is 4.48. The van der Waals surface area contributed by atoms with Crippen molar-refractivity contribution >= 4 is 5.91 Å². The van der Waals surface area contributed by atoms with Gasteiger partial charge in [0.15, 0.2) is 0 Å². The number of hydrogen-bond donors (Lipinski definition) is 0. The average Bonchev–Trinajstić information content (AvgIpc) is 3.20. The summed E-state index contributed by atoms with van der Waals surface area (Å²) in [6.07, 6.45) is 5.78. The van der Waals surface area contributed by atoms with Gasteiger partial charge in [0.1, 0.15) is 5.75 Å². The highest BCUT2D eigenvalue weighted by molar-refractivity contribution is 5.94. The summed E-state index contributed by atoms with van der Waals surface area (Å²) in [7, 11) is 1.63. The van der Waals surface area contributed by atoms with Gasteiger partial charge in [-0.1, -0.05) is 0 Å². The van der Waals surface area contributed by atoms with Crippen molar-refractivity contribution in [1.29, 1.82) is 0 Å². The van der Waals surface area contributed by atoms with Gasteiger partial charge in [0, 0.05) is 43.2 Å². The second-order valence-corrected chi connectivity index (χ2v) is 6.20. The third-order valence-corrected chi connectivity index (χ3v) is 4.57. The van der Waals surface area contributed by atoms with E-state index in [-0.39, 0.29) is 11.9 Å². The average molecular weight is 343 g/mol. The fourth-order valence-electron chi connectivity index (χ4n) is 3.27. The molecule has 1 aliphatic rings. The number of methoxy groups -OCH3 is 1. The zero-order valence-electron chi connectivity index (χ0n) is 14.9. The Morgan fingerprint density at radius 3 is 3.00 bits per heavy atom. The summed E-state index contributed by atoms with van der Waals surface area (Å²) in [6, 6.07) is 7.72. The second kappa shape index (κ2) is 8.16. The van der Waals surface area contributed by atoms with E-state index in [1.54, 1.807) is 13.3 Å². The van der Waals surface area contributed by atoms with Gasteiger partial charge in [-0.2, -0.15) is 5.10 Å². The molecule has 6 nitrogen and oxygen atoms in total. The van der Waals surface area contributed by atoms with Gasteiger partial charge < -0.3 is 14.4 Å². The van der Waals surface area contributed by atoms with E-state index >= 15 is 0 Å². The molecule has 1 aromatic carbocycles. The SMILES string of the molecule is CCOCc1cc(C(=O)N2CCC[C@H](n3cccn3)C2)ccc1OC. The van der Waals surface area contributed by atoms with Crippen LogP contribution in [0.3, 0.4) is 0 Å². The summed E-state index contributed by atoms with van der Waals surface area (Å²) >= 11 is 0. The van der Waals surface area contributed by atoms with E-state index in [0.29, 0.717) is 25.3 Å². The van der Waals surface area contributed by atoms with Gasteiger partial charge in [0.2, 0.25) is 0 Å². The molecule has 1 aromatic heterocycles. The normalized spacial score (nSPS) is 17.5. The van der Waals surface area contributed by atoms with Crippen LogP contribution in [0.4, 0.5) is 0 Å². The molecule has 0 radical (unpaired) electrons. The molecule has 2 aromatic rings. The van der Waals surface area contributed by atoms with Crippen LogP contribution < -0.4 is 4.74 Å². The van der Waals surface area contributed by atoms with Crippen LogP contribution in [0.1, 0.15) is 41.7 Å². The third-order valence-electron chi connectivity index (χ3n) is 4.57. The number of rotatable bonds is 6. The Kier molecular flexibility index (Phi) is 5.71. The lowest BCUT2D eigenvalue weighted by Gasteiger charge is -2.33. The predicted octanol–water partition coefficient (Wildman–Crippen LogP) is 2.91. The molecule has 1 aliphatic heterocycles. The van der Waals surface area contributed by atoms with E-state index in [1.165, 1.54) is 0 Å². The number of nitrogens with zero attached hydrogens (tertiary/aromatic N) is 3. The van der Waals surface area contributed by atoms with Crippen molar-refractivity contribution in [2.24, 2.45) is 0 Å². The topological polar surface area (TPSA) is 56.6 Å². The first kappa shape index (κ1) is 17.5. The van der Waals surface area contributed by atoms with E-state index in [0.717, 1.165) is 30.7 Å². The zero-order valence-corrected chi connectivity index (χ0v) is 14.9. The fraction of sp³-hybridized carbons (Fsp3) is 0.474. The van der Waals surface area contributed by atoms with E-state index in [1.807, 2.05) is 47.0 Å². The van der Waals surface area contributed by atoms with E-state index in [9.17, 15) is 4.79 Å². The number of benzene rings is 1. The van der Waals surface area contributed by atoms with E-state index in [2.05, 4.69) is 5.10 Å². The summed E-state index contributed by atoms with van der Waals surface area (Å²) in [5.41, 5.74) is 1.58. The van der Waals surface area contributed by atoms with Crippen LogP contribution in [0.5, 0.6) is 5.75 Å². The summed E-state index contributed by atoms with van der Waals surface area (Å²) in [5, 5.41) is 4.32. The molecule has 0 spiro atoms. The van der Waals surface area contributed by atoms with Crippen LogP contribution in [0, 0.1) is 0 Å². The molecule has 6 heteroatoms. The monoisotopic (exact) mass is 343 g/mol. The molecular weight excluding hydrogens is 318 g/mol. The van der Waals surface area contributed by atoms with Gasteiger partial charge in [-0.15, -0.1) is 0 Å². The lowest BCUT2D eigenvalue weighted by Crippen LogP contribution is -2.40. The van der Waals surface area contributed by atoms with Gasteiger partial charge in [0.25, 0.3) is 5.91 Å². The van der Waals surface area contributed by atoms with Crippen molar-refractivity contribution in [1.82, 2.24) is 14.7 Å². The lowest BCUT2D eigenvalue weighted by molar-refractivity contribution is 0.0672. The van der Waals surface area contributed by atoms with E-state index in [4.69, 9.17) is 9.47 Å². The zero-order chi connectivity index (χ0) is 17.6. The minimum atomic E-state index is 0.0530. The molecule has 0 N–H and O–H groups in total. The van der Waals surface area contributed by atoms with E-state index < -0.39 is 0 Å². The number of likely N-dealkylation sites (tertiary alicyclic amines) is 1. The Hall–Kier alpha value is -2.34. The Morgan fingerprint density at radius 1 is 1.40 bits per heavy atom. The molecule has 0 aliphatic carbocycles. The first-order valence-corrected chi connectivity index (χ1v) is 8.76. The predicted molar refractivity (Wildman–Crippen MR) is 94.7 cm³/mol. The molecule has 1 atom stereocenters. The first-order valence-electron chi connectivity index (χ1n) is 8.76. The highest BCUT2D eigenvalue weighted by Crippen LogP contribution is 2.25. The maximum Gasteiger partial charge on any atom is 0.253 e. The van der Waals surface area contributed by atoms with Crippen LogP contribution in [-0.2, 0) is 11.3 Å². The van der Waals surface area contributed by atoms with Gasteiger partial charge >= 0.3 is 0 Å². The highest BCUT2D eigenvalue weighted by Gasteiger charge is 2.26. The molecule has 0 saturated carbocycles. The van der Waals surface area contributed by atoms with Gasteiger partial charge in [-0.3, -0.25) is 9.48 Å². The number of carbonyl (C=O) groups excluding carboxylic acids is 1. The van der Waals surface area contributed by atoms with Crippen molar-refractivity contribution in [2.75, 3.05) is 26.8 Å². The van der Waals surface area contributed by atoms with Gasteiger partial charge in [0.05, 0.1) is 19.8 Å². The van der Waals surface area contributed by atoms with Gasteiger partial charge in [-0.05, 0) is 44.0 Å². The Morgan fingerprint density at radius 2 is 2.28 bits per heavy atom. The van der Waals surface area contributed by atoms with Crippen LogP contribution in [0.15, 0.2) is 36.7 Å². The van der Waals surface area contributed by atoms with Crippen molar-refractivity contribution in [3.05, 3.63) is 47.8 Å². The number of piperidine rings is 1. The smallest absolute Gasteiger partial charge is 0.253 e. The van der Waals surface area contributed by atoms with Gasteiger partial charge in [-0.25, -0.2) is 0 Å². The van der Waals surface area contributed by atoms with Crippen LogP contribution in [0.2, 0.25) is 0 Å². The maximum atomic E-state index is 13.0. The summed E-state index contributed by atoms with van der Waals surface area (Å²) in [4.78, 5) is 14.9. The number of amides is 1. The molecule has 25 heavy (non-hydrogen) atoms. The molecular formula is C19H25N3O3. The third kappa shape index (κ3) is 4.02. The largest absolute Gasteiger partial charge is 0.496 e. The lowest BCUT2D eigenvalue weighted by atomic mass is 10.0. The molecule has 0 bridgehead atoms. The number of carbonyl (C=O) groups is 1. The molecule has 1 saturated heterocycles. The van der Waals surface area contributed by atoms with Crippen LogP contribution in [-0.4, -0.2) is 47.4 Å². The summed E-state index contributed by atoms with van der Waals surface area (Å²) in [5.74, 6) is 0.801. The maximum absolute atomic E-state index is 13.0. The summed E-state index contributed by atoms with van der Waals surface area (Å²) < 4.78 is 12.8. The quantitative estimate of drug-likeness (QED) is 0.809. The highest BCUT2D eigenvalue weighted by atomic mass is 16.5. The fourth-order valence-corrected chi connectivity index (χ4v) is 3.27. The molecule has 2 heterocycles. The Balaban J connectivity index is 1.75. The second-order valence-electron chi connectivity index (χ2n) is 6.20. The molecule has 3 rings (SSSR count). The Bertz CT molecular complexity index is 700. The first-order chi connectivity index (χ1) is 12.2. The number of hydrogen-bond acceptors (Lipinski definition) is 4. The minimum absolute atomic E-state index is 0.0530. The standard InChI is InChI=1S/C19H25N3O3/c1-3-25-14-16-12-15(7-8-18(16)24-2)19(23)21-10-4-6-17(13-21)22-11-5-9-20-22/h5,7-9,11-12,17H,3-4,6,10,13-14H2,1-2H3/t17-/m0/s1. The van der Waals surface area contributed by atoms with Crippen molar-refractivity contribution in [3.8, 4) is 5.75 Å². The van der Waals surface area contributed by atoms with Crippen molar-refractivity contribution < 1.29 is 14.3 Å². The molecule has 134 valence electrons. The molecule has 1 fully saturated rings. The van der Waals surface area contributed by atoms with Crippen LogP contribution in [0.25, 0.3) is 0 Å². The van der Waals surface area contributed by atoms with Crippen molar-refractivity contribution in [2.45, 2.75) is 32.4 Å². The van der Waals surface area contributed by atoms with Crippen molar-refractivity contribution in [3.63, 3.8) is 0 Å².